The zero-order valence-corrected chi connectivity index (χ0v) is 14.4. The molecule has 1 N–H and O–H groups in total. The van der Waals surface area contributed by atoms with Crippen LogP contribution in [0, 0.1) is 0 Å². The van der Waals surface area contributed by atoms with Gasteiger partial charge in [-0.2, -0.15) is 5.10 Å². The Hall–Kier alpha value is -2.54. The highest BCUT2D eigenvalue weighted by Crippen LogP contribution is 2.21. The van der Waals surface area contributed by atoms with Crippen molar-refractivity contribution in [1.82, 2.24) is 30.3 Å². The molecule has 24 heavy (non-hydrogen) atoms. The highest BCUT2D eigenvalue weighted by atomic mass is 16.4. The SMILES string of the molecule is CN(Cc1cc(C(C)(C)C)n[nH]1)Cc1nnc(-c2cccnc2)o1. The molecule has 7 heteroatoms. The van der Waals surface area contributed by atoms with Gasteiger partial charge in [0.1, 0.15) is 0 Å². The zero-order chi connectivity index (χ0) is 17.2. The van der Waals surface area contributed by atoms with Crippen LogP contribution in [0.5, 0.6) is 0 Å². The molecule has 0 aliphatic rings. The predicted molar refractivity (Wildman–Crippen MR) is 90.0 cm³/mol. The number of rotatable bonds is 5. The lowest BCUT2D eigenvalue weighted by Crippen LogP contribution is -2.17. The molecular weight excluding hydrogens is 304 g/mol. The average molecular weight is 326 g/mol. The number of hydrogen-bond donors (Lipinski definition) is 1. The van der Waals surface area contributed by atoms with E-state index < -0.39 is 0 Å². The molecule has 0 fully saturated rings. The normalized spacial score (nSPS) is 12.0. The Morgan fingerprint density at radius 1 is 1.21 bits per heavy atom. The Morgan fingerprint density at radius 3 is 2.71 bits per heavy atom. The Kier molecular flexibility index (Phi) is 4.44. The fraction of sp³-hybridized carbons (Fsp3) is 0.412. The number of nitrogens with one attached hydrogen (secondary N) is 1. The van der Waals surface area contributed by atoms with Crippen molar-refractivity contribution in [2.75, 3.05) is 7.05 Å². The minimum atomic E-state index is 0.0401. The maximum absolute atomic E-state index is 5.71. The quantitative estimate of drug-likeness (QED) is 0.776. The van der Waals surface area contributed by atoms with Gasteiger partial charge in [-0.3, -0.25) is 15.0 Å². The summed E-state index contributed by atoms with van der Waals surface area (Å²) in [7, 11) is 2.01. The van der Waals surface area contributed by atoms with E-state index in [-0.39, 0.29) is 5.41 Å². The number of aromatic amines is 1. The van der Waals surface area contributed by atoms with Crippen molar-refractivity contribution in [2.45, 2.75) is 39.3 Å². The topological polar surface area (TPSA) is 83.7 Å². The van der Waals surface area contributed by atoms with E-state index in [1.54, 1.807) is 12.4 Å². The molecule has 7 nitrogen and oxygen atoms in total. The van der Waals surface area contributed by atoms with Gasteiger partial charge in [0.2, 0.25) is 11.8 Å². The van der Waals surface area contributed by atoms with Gasteiger partial charge in [-0.25, -0.2) is 0 Å². The third-order valence-electron chi connectivity index (χ3n) is 3.62. The fourth-order valence-electron chi connectivity index (χ4n) is 2.33. The van der Waals surface area contributed by atoms with Gasteiger partial charge in [-0.05, 0) is 25.2 Å². The molecule has 0 aliphatic carbocycles. The van der Waals surface area contributed by atoms with Gasteiger partial charge in [-0.1, -0.05) is 20.8 Å². The molecule has 0 aliphatic heterocycles. The molecule has 0 unspecified atom stereocenters. The van der Waals surface area contributed by atoms with Crippen LogP contribution >= 0.6 is 0 Å². The molecule has 126 valence electrons. The summed E-state index contributed by atoms with van der Waals surface area (Å²) >= 11 is 0. The molecule has 3 heterocycles. The Labute approximate surface area is 141 Å². The maximum Gasteiger partial charge on any atom is 0.249 e. The third kappa shape index (κ3) is 3.86. The van der Waals surface area contributed by atoms with E-state index >= 15 is 0 Å². The van der Waals surface area contributed by atoms with Crippen LogP contribution in [-0.4, -0.2) is 37.3 Å². The molecule has 3 aromatic rings. The van der Waals surface area contributed by atoms with Crippen LogP contribution in [0.3, 0.4) is 0 Å². The summed E-state index contributed by atoms with van der Waals surface area (Å²) in [6, 6.07) is 5.84. The Balaban J connectivity index is 1.62. The summed E-state index contributed by atoms with van der Waals surface area (Å²) in [4.78, 5) is 6.16. The van der Waals surface area contributed by atoms with Crippen LogP contribution in [0.1, 0.15) is 38.0 Å². The van der Waals surface area contributed by atoms with E-state index in [1.807, 2.05) is 19.2 Å². The lowest BCUT2D eigenvalue weighted by Gasteiger charge is -2.14. The molecule has 0 saturated heterocycles. The molecule has 0 spiro atoms. The number of hydrogen-bond acceptors (Lipinski definition) is 6. The lowest BCUT2D eigenvalue weighted by atomic mass is 9.92. The van der Waals surface area contributed by atoms with E-state index in [4.69, 9.17) is 4.42 Å². The molecule has 0 radical (unpaired) electrons. The van der Waals surface area contributed by atoms with Gasteiger partial charge in [0.15, 0.2) is 0 Å². The number of nitrogens with zero attached hydrogens (tertiary/aromatic N) is 5. The van der Waals surface area contributed by atoms with Gasteiger partial charge in [-0.15, -0.1) is 10.2 Å². The highest BCUT2D eigenvalue weighted by molar-refractivity contribution is 5.49. The van der Waals surface area contributed by atoms with Crippen molar-refractivity contribution in [2.24, 2.45) is 0 Å². The van der Waals surface area contributed by atoms with E-state index in [0.717, 1.165) is 23.5 Å². The lowest BCUT2D eigenvalue weighted by molar-refractivity contribution is 0.279. The second-order valence-corrected chi connectivity index (χ2v) is 6.94. The minimum Gasteiger partial charge on any atom is -0.419 e. The first-order valence-corrected chi connectivity index (χ1v) is 7.88. The van der Waals surface area contributed by atoms with E-state index in [9.17, 15) is 0 Å². The van der Waals surface area contributed by atoms with Crippen LogP contribution in [-0.2, 0) is 18.5 Å². The number of pyridine rings is 1. The Bertz CT molecular complexity index is 787. The largest absolute Gasteiger partial charge is 0.419 e. The van der Waals surface area contributed by atoms with Crippen molar-refractivity contribution in [3.05, 3.63) is 47.9 Å². The van der Waals surface area contributed by atoms with Crippen LogP contribution in [0.15, 0.2) is 35.0 Å². The van der Waals surface area contributed by atoms with Crippen LogP contribution in [0.2, 0.25) is 0 Å². The number of aromatic nitrogens is 5. The molecule has 0 atom stereocenters. The van der Waals surface area contributed by atoms with Gasteiger partial charge >= 0.3 is 0 Å². The molecular formula is C17H22N6O. The first kappa shape index (κ1) is 16.3. The maximum atomic E-state index is 5.71. The molecule has 0 amide bonds. The molecule has 0 bridgehead atoms. The predicted octanol–water partition coefficient (Wildman–Crippen LogP) is 2.78. The summed E-state index contributed by atoms with van der Waals surface area (Å²) in [5.41, 5.74) is 2.98. The van der Waals surface area contributed by atoms with E-state index in [2.05, 4.69) is 57.1 Å². The summed E-state index contributed by atoms with van der Waals surface area (Å²) in [6.07, 6.45) is 3.42. The highest BCUT2D eigenvalue weighted by Gasteiger charge is 2.18. The van der Waals surface area contributed by atoms with Crippen LogP contribution in [0.4, 0.5) is 0 Å². The van der Waals surface area contributed by atoms with Gasteiger partial charge < -0.3 is 4.42 Å². The first-order chi connectivity index (χ1) is 11.4. The summed E-state index contributed by atoms with van der Waals surface area (Å²) in [6.45, 7) is 7.74. The zero-order valence-electron chi connectivity index (χ0n) is 14.4. The summed E-state index contributed by atoms with van der Waals surface area (Å²) in [5.74, 6) is 1.06. The summed E-state index contributed by atoms with van der Waals surface area (Å²) < 4.78 is 5.71. The first-order valence-electron chi connectivity index (χ1n) is 7.88. The smallest absolute Gasteiger partial charge is 0.249 e. The second-order valence-electron chi connectivity index (χ2n) is 6.94. The van der Waals surface area contributed by atoms with Crippen molar-refractivity contribution in [1.29, 1.82) is 0 Å². The fourth-order valence-corrected chi connectivity index (χ4v) is 2.33. The van der Waals surface area contributed by atoms with Crippen molar-refractivity contribution >= 4 is 0 Å². The standard InChI is InChI=1S/C17H22N6O/c1-17(2,3)14-8-13(19-20-14)10-23(4)11-15-21-22-16(24-15)12-6-5-7-18-9-12/h5-9H,10-11H2,1-4H3,(H,19,20). The van der Waals surface area contributed by atoms with Crippen molar-refractivity contribution < 1.29 is 4.42 Å². The second kappa shape index (κ2) is 6.52. The molecule has 3 aromatic heterocycles. The molecule has 0 aromatic carbocycles. The van der Waals surface area contributed by atoms with Gasteiger partial charge in [0.25, 0.3) is 0 Å². The van der Waals surface area contributed by atoms with Crippen LogP contribution < -0.4 is 0 Å². The van der Waals surface area contributed by atoms with Gasteiger partial charge in [0.05, 0.1) is 17.8 Å². The van der Waals surface area contributed by atoms with Gasteiger partial charge in [0, 0.05) is 30.0 Å². The minimum absolute atomic E-state index is 0.0401. The summed E-state index contributed by atoms with van der Waals surface area (Å²) in [5, 5.41) is 15.7. The number of H-pyrrole nitrogens is 1. The van der Waals surface area contributed by atoms with Crippen molar-refractivity contribution in [3.8, 4) is 11.5 Å². The monoisotopic (exact) mass is 326 g/mol. The van der Waals surface area contributed by atoms with Crippen LogP contribution in [0.25, 0.3) is 11.5 Å². The molecule has 0 saturated carbocycles. The molecule has 3 rings (SSSR count). The van der Waals surface area contributed by atoms with Crippen molar-refractivity contribution in [3.63, 3.8) is 0 Å². The third-order valence-corrected chi connectivity index (χ3v) is 3.62. The van der Waals surface area contributed by atoms with E-state index in [1.165, 1.54) is 0 Å². The van der Waals surface area contributed by atoms with E-state index in [0.29, 0.717) is 18.3 Å². The Morgan fingerprint density at radius 2 is 2.04 bits per heavy atom. The average Bonchev–Trinajstić information content (AvgIpc) is 3.17.